The molecule has 0 bridgehead atoms. The van der Waals surface area contributed by atoms with E-state index >= 15 is 0 Å². The van der Waals surface area contributed by atoms with Crippen molar-refractivity contribution < 1.29 is 9.59 Å². The lowest BCUT2D eigenvalue weighted by molar-refractivity contribution is -0.128. The van der Waals surface area contributed by atoms with E-state index in [0.29, 0.717) is 24.9 Å². The largest absolute Gasteiger partial charge is 0.350 e. The fraction of sp³-hybridized carbons (Fsp3) is 0.846. The van der Waals surface area contributed by atoms with Crippen molar-refractivity contribution >= 4 is 11.8 Å². The molecule has 2 N–H and O–H groups in total. The fourth-order valence-electron chi connectivity index (χ4n) is 3.10. The molecule has 0 radical (unpaired) electrons. The molecule has 1 saturated carbocycles. The molecule has 1 aliphatic carbocycles. The normalized spacial score (nSPS) is 39.2. The van der Waals surface area contributed by atoms with E-state index in [1.807, 2.05) is 4.90 Å². The van der Waals surface area contributed by atoms with Crippen molar-refractivity contribution in [2.45, 2.75) is 50.7 Å². The van der Waals surface area contributed by atoms with Crippen LogP contribution in [0.1, 0.15) is 32.6 Å². The van der Waals surface area contributed by atoms with Crippen LogP contribution in [0, 0.1) is 5.92 Å². The second-order valence-electron chi connectivity index (χ2n) is 5.89. The minimum Gasteiger partial charge on any atom is -0.350 e. The van der Waals surface area contributed by atoms with Crippen molar-refractivity contribution in [3.8, 4) is 0 Å². The van der Waals surface area contributed by atoms with Gasteiger partial charge in [0.1, 0.15) is 0 Å². The van der Waals surface area contributed by atoms with Crippen molar-refractivity contribution in [2.24, 2.45) is 5.92 Å². The molecule has 2 aliphatic heterocycles. The van der Waals surface area contributed by atoms with Crippen molar-refractivity contribution in [2.75, 3.05) is 13.1 Å². The molecule has 2 saturated heterocycles. The van der Waals surface area contributed by atoms with E-state index < -0.39 is 0 Å². The molecule has 2 heterocycles. The van der Waals surface area contributed by atoms with E-state index in [1.165, 1.54) is 0 Å². The predicted octanol–water partition coefficient (Wildman–Crippen LogP) is -0.136. The summed E-state index contributed by atoms with van der Waals surface area (Å²) in [6.07, 6.45) is 3.57. The molecule has 0 aromatic carbocycles. The standard InChI is InChI=1S/C13H21N3O2/c1-8-5-11(8)16-7-9(6-12(16)17)15-13(18)10-3-2-4-14-10/h8-11,14H,2-7H2,1H3,(H,15,18)/t8-,9-,10+,11+/m1/s1. The highest BCUT2D eigenvalue weighted by molar-refractivity contribution is 5.85. The molecule has 18 heavy (non-hydrogen) atoms. The van der Waals surface area contributed by atoms with Crippen molar-refractivity contribution in [1.29, 1.82) is 0 Å². The zero-order chi connectivity index (χ0) is 12.7. The summed E-state index contributed by atoms with van der Waals surface area (Å²) in [5, 5.41) is 6.20. The Kier molecular flexibility index (Phi) is 3.01. The van der Waals surface area contributed by atoms with Gasteiger partial charge in [0, 0.05) is 19.0 Å². The lowest BCUT2D eigenvalue weighted by Gasteiger charge is -2.18. The number of likely N-dealkylation sites (tertiary alicyclic amines) is 1. The Bertz CT molecular complexity index is 365. The molecular formula is C13H21N3O2. The summed E-state index contributed by atoms with van der Waals surface area (Å²) < 4.78 is 0. The lowest BCUT2D eigenvalue weighted by Crippen LogP contribution is -2.46. The topological polar surface area (TPSA) is 61.4 Å². The fourth-order valence-corrected chi connectivity index (χ4v) is 3.10. The van der Waals surface area contributed by atoms with Crippen LogP contribution < -0.4 is 10.6 Å². The Balaban J connectivity index is 1.52. The molecule has 100 valence electrons. The SMILES string of the molecule is C[C@@H]1C[C@@H]1N1C[C@H](NC(=O)[C@@H]2CCCN2)CC1=O. The van der Waals surface area contributed by atoms with Gasteiger partial charge in [-0.05, 0) is 31.7 Å². The van der Waals surface area contributed by atoms with Crippen LogP contribution in [0.5, 0.6) is 0 Å². The number of rotatable bonds is 3. The van der Waals surface area contributed by atoms with Crippen LogP contribution in [0.15, 0.2) is 0 Å². The summed E-state index contributed by atoms with van der Waals surface area (Å²) >= 11 is 0. The number of nitrogens with zero attached hydrogens (tertiary/aromatic N) is 1. The smallest absolute Gasteiger partial charge is 0.237 e. The van der Waals surface area contributed by atoms with Gasteiger partial charge in [0.05, 0.1) is 12.1 Å². The third-order valence-corrected chi connectivity index (χ3v) is 4.35. The summed E-state index contributed by atoms with van der Waals surface area (Å²) in [5.41, 5.74) is 0. The second-order valence-corrected chi connectivity index (χ2v) is 5.89. The molecule has 0 spiro atoms. The highest BCUT2D eigenvalue weighted by atomic mass is 16.2. The minimum atomic E-state index is -0.0472. The van der Waals surface area contributed by atoms with Gasteiger partial charge in [-0.3, -0.25) is 9.59 Å². The highest BCUT2D eigenvalue weighted by Gasteiger charge is 2.45. The van der Waals surface area contributed by atoms with Gasteiger partial charge >= 0.3 is 0 Å². The zero-order valence-electron chi connectivity index (χ0n) is 10.8. The molecule has 0 aromatic rings. The van der Waals surface area contributed by atoms with Crippen LogP contribution in [0.2, 0.25) is 0 Å². The average molecular weight is 251 g/mol. The Morgan fingerprint density at radius 2 is 2.28 bits per heavy atom. The third-order valence-electron chi connectivity index (χ3n) is 4.35. The minimum absolute atomic E-state index is 0.0141. The quantitative estimate of drug-likeness (QED) is 0.734. The van der Waals surface area contributed by atoms with E-state index in [4.69, 9.17) is 0 Å². The number of hydrogen-bond donors (Lipinski definition) is 2. The van der Waals surface area contributed by atoms with E-state index in [0.717, 1.165) is 25.8 Å². The van der Waals surface area contributed by atoms with Gasteiger partial charge in [0.25, 0.3) is 0 Å². The summed E-state index contributed by atoms with van der Waals surface area (Å²) in [6.45, 7) is 3.80. The van der Waals surface area contributed by atoms with Crippen LogP contribution in [0.25, 0.3) is 0 Å². The third kappa shape index (κ3) is 2.23. The van der Waals surface area contributed by atoms with E-state index in [9.17, 15) is 9.59 Å². The Morgan fingerprint density at radius 3 is 2.89 bits per heavy atom. The monoisotopic (exact) mass is 251 g/mol. The van der Waals surface area contributed by atoms with Gasteiger partial charge < -0.3 is 15.5 Å². The molecule has 5 nitrogen and oxygen atoms in total. The lowest BCUT2D eigenvalue weighted by atomic mass is 10.2. The van der Waals surface area contributed by atoms with Gasteiger partial charge in [0.15, 0.2) is 0 Å². The van der Waals surface area contributed by atoms with Crippen molar-refractivity contribution in [1.82, 2.24) is 15.5 Å². The second kappa shape index (κ2) is 4.53. The van der Waals surface area contributed by atoms with Gasteiger partial charge in [0.2, 0.25) is 11.8 Å². The molecule has 4 atom stereocenters. The van der Waals surface area contributed by atoms with Gasteiger partial charge in [-0.25, -0.2) is 0 Å². The summed E-state index contributed by atoms with van der Waals surface area (Å²) in [4.78, 5) is 25.8. The average Bonchev–Trinajstić information content (AvgIpc) is 2.80. The number of hydrogen-bond acceptors (Lipinski definition) is 3. The first kappa shape index (κ1) is 12.0. The molecule has 5 heteroatoms. The summed E-state index contributed by atoms with van der Waals surface area (Å²) in [6, 6.07) is 0.401. The maximum atomic E-state index is 12.0. The maximum Gasteiger partial charge on any atom is 0.237 e. The molecule has 3 aliphatic rings. The molecule has 2 amide bonds. The summed E-state index contributed by atoms with van der Waals surface area (Å²) in [5.74, 6) is 0.907. The van der Waals surface area contributed by atoms with E-state index in [1.54, 1.807) is 0 Å². The van der Waals surface area contributed by atoms with E-state index in [2.05, 4.69) is 17.6 Å². The van der Waals surface area contributed by atoms with Crippen molar-refractivity contribution in [3.05, 3.63) is 0 Å². The van der Waals surface area contributed by atoms with Crippen LogP contribution in [-0.2, 0) is 9.59 Å². The van der Waals surface area contributed by atoms with Gasteiger partial charge in [-0.1, -0.05) is 6.92 Å². The Labute approximate surface area is 107 Å². The van der Waals surface area contributed by atoms with Gasteiger partial charge in [-0.15, -0.1) is 0 Å². The molecule has 3 rings (SSSR count). The van der Waals surface area contributed by atoms with E-state index in [-0.39, 0.29) is 23.9 Å². The summed E-state index contributed by atoms with van der Waals surface area (Å²) in [7, 11) is 0. The number of carbonyl (C=O) groups excluding carboxylic acids is 2. The maximum absolute atomic E-state index is 12.0. The Hall–Kier alpha value is -1.10. The molecule has 0 unspecified atom stereocenters. The van der Waals surface area contributed by atoms with Gasteiger partial charge in [-0.2, -0.15) is 0 Å². The van der Waals surface area contributed by atoms with Crippen LogP contribution in [0.3, 0.4) is 0 Å². The number of carbonyl (C=O) groups is 2. The first-order valence-electron chi connectivity index (χ1n) is 6.98. The predicted molar refractivity (Wildman–Crippen MR) is 66.9 cm³/mol. The highest BCUT2D eigenvalue weighted by Crippen LogP contribution is 2.37. The molecule has 0 aromatic heterocycles. The first-order chi connectivity index (χ1) is 8.65. The zero-order valence-corrected chi connectivity index (χ0v) is 10.8. The van der Waals surface area contributed by atoms with Crippen molar-refractivity contribution in [3.63, 3.8) is 0 Å². The number of nitrogens with one attached hydrogen (secondary N) is 2. The molecule has 3 fully saturated rings. The number of amides is 2. The van der Waals surface area contributed by atoms with Crippen LogP contribution in [0.4, 0.5) is 0 Å². The Morgan fingerprint density at radius 1 is 1.50 bits per heavy atom. The first-order valence-corrected chi connectivity index (χ1v) is 6.98. The van der Waals surface area contributed by atoms with Crippen LogP contribution >= 0.6 is 0 Å². The van der Waals surface area contributed by atoms with Crippen LogP contribution in [-0.4, -0.2) is 47.9 Å². The molecular weight excluding hydrogens is 230 g/mol.